The van der Waals surface area contributed by atoms with Gasteiger partial charge in [-0.25, -0.2) is 4.79 Å². The number of hydrogen-bond donors (Lipinski definition) is 2. The molecule has 5 nitrogen and oxygen atoms in total. The van der Waals surface area contributed by atoms with E-state index in [0.717, 1.165) is 17.5 Å². The van der Waals surface area contributed by atoms with Crippen molar-refractivity contribution >= 4 is 11.1 Å². The van der Waals surface area contributed by atoms with E-state index < -0.39 is 6.10 Å². The molecule has 5 heteroatoms. The largest absolute Gasteiger partial charge is 0.419 e. The molecule has 0 aliphatic carbocycles. The summed E-state index contributed by atoms with van der Waals surface area (Å²) in [4.78, 5) is 11.5. The van der Waals surface area contributed by atoms with Crippen molar-refractivity contribution in [3.05, 3.63) is 34.3 Å². The molecule has 0 aliphatic heterocycles. The van der Waals surface area contributed by atoms with Gasteiger partial charge in [-0.3, -0.25) is 4.57 Å². The molecule has 0 radical (unpaired) electrons. The topological polar surface area (TPSA) is 81.4 Å². The molecular weight excluding hydrogens is 232 g/mol. The molecule has 0 saturated heterocycles. The molecule has 0 bridgehead atoms. The SMILES string of the molecule is CCn1c(=O)oc2cc(C(O)CCCN)ccc21. The van der Waals surface area contributed by atoms with E-state index in [0.29, 0.717) is 25.1 Å². The number of nitrogens with zero attached hydrogens (tertiary/aromatic N) is 1. The number of benzene rings is 1. The third kappa shape index (κ3) is 2.32. The van der Waals surface area contributed by atoms with Crippen LogP contribution in [0.4, 0.5) is 0 Å². The summed E-state index contributed by atoms with van der Waals surface area (Å²) in [5, 5.41) is 9.96. The Morgan fingerprint density at radius 3 is 2.94 bits per heavy atom. The van der Waals surface area contributed by atoms with E-state index in [4.69, 9.17) is 10.2 Å². The van der Waals surface area contributed by atoms with Crippen molar-refractivity contribution in [2.45, 2.75) is 32.4 Å². The maximum Gasteiger partial charge on any atom is 0.419 e. The van der Waals surface area contributed by atoms with Crippen molar-refractivity contribution in [3.8, 4) is 0 Å². The van der Waals surface area contributed by atoms with E-state index in [2.05, 4.69) is 0 Å². The van der Waals surface area contributed by atoms with Crippen molar-refractivity contribution in [3.63, 3.8) is 0 Å². The summed E-state index contributed by atoms with van der Waals surface area (Å²) in [6, 6.07) is 5.36. The Hall–Kier alpha value is -1.59. The zero-order valence-corrected chi connectivity index (χ0v) is 10.4. The summed E-state index contributed by atoms with van der Waals surface area (Å²) in [7, 11) is 0. The molecule has 0 spiro atoms. The Bertz CT molecular complexity index is 585. The summed E-state index contributed by atoms with van der Waals surface area (Å²) < 4.78 is 6.72. The molecule has 0 saturated carbocycles. The maximum atomic E-state index is 11.5. The van der Waals surface area contributed by atoms with Crippen molar-refractivity contribution in [1.29, 1.82) is 0 Å². The van der Waals surface area contributed by atoms with Gasteiger partial charge in [0.15, 0.2) is 5.58 Å². The van der Waals surface area contributed by atoms with Crippen LogP contribution in [0.1, 0.15) is 31.4 Å². The Morgan fingerprint density at radius 2 is 2.28 bits per heavy atom. The van der Waals surface area contributed by atoms with Gasteiger partial charge in [-0.1, -0.05) is 6.07 Å². The van der Waals surface area contributed by atoms with E-state index in [1.165, 1.54) is 0 Å². The first-order valence-corrected chi connectivity index (χ1v) is 6.18. The number of hydrogen-bond acceptors (Lipinski definition) is 4. The van der Waals surface area contributed by atoms with E-state index >= 15 is 0 Å². The smallest absolute Gasteiger partial charge is 0.408 e. The second-order valence-corrected chi connectivity index (χ2v) is 4.29. The minimum Gasteiger partial charge on any atom is -0.408 e. The monoisotopic (exact) mass is 250 g/mol. The van der Waals surface area contributed by atoms with Crippen LogP contribution in [0, 0.1) is 0 Å². The summed E-state index contributed by atoms with van der Waals surface area (Å²) in [6.45, 7) is 3.02. The Kier molecular flexibility index (Phi) is 3.84. The van der Waals surface area contributed by atoms with Gasteiger partial charge in [0.05, 0.1) is 11.6 Å². The number of oxazole rings is 1. The van der Waals surface area contributed by atoms with Gasteiger partial charge in [-0.2, -0.15) is 0 Å². The summed E-state index contributed by atoms with van der Waals surface area (Å²) >= 11 is 0. The lowest BCUT2D eigenvalue weighted by Gasteiger charge is -2.09. The van der Waals surface area contributed by atoms with Crippen molar-refractivity contribution in [1.82, 2.24) is 4.57 Å². The number of aromatic nitrogens is 1. The fourth-order valence-corrected chi connectivity index (χ4v) is 2.07. The third-order valence-corrected chi connectivity index (χ3v) is 3.08. The molecule has 2 rings (SSSR count). The average molecular weight is 250 g/mol. The van der Waals surface area contributed by atoms with Gasteiger partial charge in [0, 0.05) is 6.54 Å². The predicted octanol–water partition coefficient (Wildman–Crippen LogP) is 1.39. The summed E-state index contributed by atoms with van der Waals surface area (Å²) in [6.07, 6.45) is 0.813. The average Bonchev–Trinajstić information content (AvgIpc) is 2.69. The Balaban J connectivity index is 2.36. The van der Waals surface area contributed by atoms with Crippen molar-refractivity contribution in [2.75, 3.05) is 6.54 Å². The Morgan fingerprint density at radius 1 is 1.50 bits per heavy atom. The van der Waals surface area contributed by atoms with Crippen LogP contribution in [-0.4, -0.2) is 16.2 Å². The number of fused-ring (bicyclic) bond motifs is 1. The molecule has 18 heavy (non-hydrogen) atoms. The number of aryl methyl sites for hydroxylation is 1. The van der Waals surface area contributed by atoms with Gasteiger partial charge < -0.3 is 15.3 Å². The fraction of sp³-hybridized carbons (Fsp3) is 0.462. The Labute approximate surface area is 105 Å². The van der Waals surface area contributed by atoms with Crippen LogP contribution in [0.3, 0.4) is 0 Å². The quantitative estimate of drug-likeness (QED) is 0.840. The highest BCUT2D eigenvalue weighted by atomic mass is 16.4. The van der Waals surface area contributed by atoms with Crippen LogP contribution in [0.15, 0.2) is 27.4 Å². The molecule has 0 fully saturated rings. The maximum absolute atomic E-state index is 11.5. The van der Waals surface area contributed by atoms with E-state index in [-0.39, 0.29) is 5.76 Å². The van der Waals surface area contributed by atoms with Gasteiger partial charge in [0.2, 0.25) is 0 Å². The van der Waals surface area contributed by atoms with Crippen LogP contribution in [0.5, 0.6) is 0 Å². The summed E-state index contributed by atoms with van der Waals surface area (Å²) in [5.41, 5.74) is 7.45. The van der Waals surface area contributed by atoms with Crippen LogP contribution in [0.2, 0.25) is 0 Å². The zero-order chi connectivity index (χ0) is 13.1. The highest BCUT2D eigenvalue weighted by Gasteiger charge is 2.12. The lowest BCUT2D eigenvalue weighted by atomic mass is 10.0. The third-order valence-electron chi connectivity index (χ3n) is 3.08. The number of rotatable bonds is 5. The second-order valence-electron chi connectivity index (χ2n) is 4.29. The number of aliphatic hydroxyl groups is 1. The van der Waals surface area contributed by atoms with Crippen LogP contribution >= 0.6 is 0 Å². The van der Waals surface area contributed by atoms with Crippen molar-refractivity contribution in [2.24, 2.45) is 5.73 Å². The van der Waals surface area contributed by atoms with Crippen LogP contribution in [0.25, 0.3) is 11.1 Å². The van der Waals surface area contributed by atoms with E-state index in [1.807, 2.05) is 19.1 Å². The second kappa shape index (κ2) is 5.37. The molecule has 2 aromatic rings. The van der Waals surface area contributed by atoms with Gasteiger partial charge in [-0.05, 0) is 44.0 Å². The first-order valence-electron chi connectivity index (χ1n) is 6.18. The first kappa shape index (κ1) is 12.9. The number of aliphatic hydroxyl groups excluding tert-OH is 1. The minimum absolute atomic E-state index is 0.360. The van der Waals surface area contributed by atoms with E-state index in [1.54, 1.807) is 10.6 Å². The van der Waals surface area contributed by atoms with Crippen molar-refractivity contribution < 1.29 is 9.52 Å². The standard InChI is InChI=1S/C13H18N2O3/c1-2-15-10-6-5-9(11(16)4-3-7-14)8-12(10)18-13(15)17/h5-6,8,11,16H,2-4,7,14H2,1H3. The number of nitrogens with two attached hydrogens (primary N) is 1. The highest BCUT2D eigenvalue weighted by Crippen LogP contribution is 2.22. The van der Waals surface area contributed by atoms with Gasteiger partial charge in [-0.15, -0.1) is 0 Å². The molecule has 1 heterocycles. The molecule has 1 atom stereocenters. The van der Waals surface area contributed by atoms with Crippen LogP contribution in [-0.2, 0) is 6.54 Å². The van der Waals surface area contributed by atoms with Gasteiger partial charge in [0.1, 0.15) is 0 Å². The van der Waals surface area contributed by atoms with Crippen LogP contribution < -0.4 is 11.5 Å². The molecular formula is C13H18N2O3. The lowest BCUT2D eigenvalue weighted by Crippen LogP contribution is -2.11. The first-order chi connectivity index (χ1) is 8.67. The molecule has 0 amide bonds. The fourth-order valence-electron chi connectivity index (χ4n) is 2.07. The normalized spacial score (nSPS) is 13.1. The molecule has 0 aliphatic rings. The molecule has 98 valence electrons. The molecule has 3 N–H and O–H groups in total. The predicted molar refractivity (Wildman–Crippen MR) is 69.4 cm³/mol. The summed E-state index contributed by atoms with van der Waals surface area (Å²) in [5.74, 6) is -0.360. The van der Waals surface area contributed by atoms with E-state index in [9.17, 15) is 9.90 Å². The minimum atomic E-state index is -0.562. The zero-order valence-electron chi connectivity index (χ0n) is 10.4. The van der Waals surface area contributed by atoms with Gasteiger partial charge >= 0.3 is 5.76 Å². The molecule has 1 aromatic carbocycles. The molecule has 1 unspecified atom stereocenters. The lowest BCUT2D eigenvalue weighted by molar-refractivity contribution is 0.165. The molecule has 1 aromatic heterocycles. The highest BCUT2D eigenvalue weighted by molar-refractivity contribution is 5.73. The van der Waals surface area contributed by atoms with Gasteiger partial charge in [0.25, 0.3) is 0 Å².